The highest BCUT2D eigenvalue weighted by molar-refractivity contribution is 6.19. The molecule has 0 bridgehead atoms. The van der Waals surface area contributed by atoms with Crippen LogP contribution in [-0.4, -0.2) is 5.88 Å². The van der Waals surface area contributed by atoms with Crippen molar-refractivity contribution in [2.24, 2.45) is 0 Å². The topological polar surface area (TPSA) is 33.0 Å². The molecule has 0 amide bonds. The molecule has 104 valence electrons. The van der Waals surface area contributed by atoms with E-state index in [9.17, 15) is 4.39 Å². The second kappa shape index (κ2) is 7.33. The molecule has 0 radical (unpaired) electrons. The van der Waals surface area contributed by atoms with Gasteiger partial charge in [0.1, 0.15) is 18.2 Å². The third kappa shape index (κ3) is 3.99. The molecule has 0 aromatic heterocycles. The highest BCUT2D eigenvalue weighted by Gasteiger charge is 2.05. The molecule has 0 aliphatic carbocycles. The number of nitriles is 1. The van der Waals surface area contributed by atoms with E-state index in [2.05, 4.69) is 17.9 Å². The first-order chi connectivity index (χ1) is 10.2. The van der Waals surface area contributed by atoms with Crippen molar-refractivity contribution in [1.29, 1.82) is 5.26 Å². The fourth-order valence-electron chi connectivity index (χ4n) is 1.73. The second-order valence-electron chi connectivity index (χ2n) is 4.13. The van der Waals surface area contributed by atoms with E-state index >= 15 is 0 Å². The molecule has 4 heteroatoms. The van der Waals surface area contributed by atoms with Gasteiger partial charge in [0.25, 0.3) is 0 Å². The summed E-state index contributed by atoms with van der Waals surface area (Å²) in [4.78, 5) is 0. The number of hydrogen-bond acceptors (Lipinski definition) is 2. The Morgan fingerprint density at radius 3 is 2.67 bits per heavy atom. The fraction of sp³-hybridized carbons (Fsp3) is 0.118. The molecule has 0 spiro atoms. The first-order valence-corrected chi connectivity index (χ1v) is 6.73. The van der Waals surface area contributed by atoms with E-state index in [0.717, 1.165) is 5.56 Å². The summed E-state index contributed by atoms with van der Waals surface area (Å²) in [7, 11) is 0. The predicted octanol–water partition coefficient (Wildman–Crippen LogP) is 3.87. The fourth-order valence-corrected chi connectivity index (χ4v) is 1.80. The largest absolute Gasteiger partial charge is 0.489 e. The van der Waals surface area contributed by atoms with Crippen LogP contribution in [0.4, 0.5) is 4.39 Å². The van der Waals surface area contributed by atoms with E-state index in [1.807, 2.05) is 6.07 Å². The second-order valence-corrected chi connectivity index (χ2v) is 4.40. The Morgan fingerprint density at radius 1 is 1.14 bits per heavy atom. The molecule has 21 heavy (non-hydrogen) atoms. The SMILES string of the molecule is N#Cc1ccccc1COc1ccc(C#CCCl)c(F)c1. The molecule has 2 rings (SSSR count). The number of benzene rings is 2. The van der Waals surface area contributed by atoms with E-state index in [-0.39, 0.29) is 18.1 Å². The third-order valence-electron chi connectivity index (χ3n) is 2.76. The van der Waals surface area contributed by atoms with Crippen molar-refractivity contribution in [3.63, 3.8) is 0 Å². The summed E-state index contributed by atoms with van der Waals surface area (Å²) < 4.78 is 19.3. The van der Waals surface area contributed by atoms with Crippen LogP contribution < -0.4 is 4.74 Å². The van der Waals surface area contributed by atoms with Gasteiger partial charge in [0.2, 0.25) is 0 Å². The summed E-state index contributed by atoms with van der Waals surface area (Å²) in [6.45, 7) is 0.204. The van der Waals surface area contributed by atoms with Gasteiger partial charge >= 0.3 is 0 Å². The Bertz CT molecular complexity index is 740. The van der Waals surface area contributed by atoms with Crippen LogP contribution in [0.1, 0.15) is 16.7 Å². The highest BCUT2D eigenvalue weighted by atomic mass is 35.5. The summed E-state index contributed by atoms with van der Waals surface area (Å²) in [5, 5.41) is 8.99. The summed E-state index contributed by atoms with van der Waals surface area (Å²) in [6.07, 6.45) is 0. The zero-order chi connectivity index (χ0) is 15.1. The molecule has 0 aliphatic heterocycles. The Hall–Kier alpha value is -2.49. The summed E-state index contributed by atoms with van der Waals surface area (Å²) in [5.74, 6) is 5.30. The lowest BCUT2D eigenvalue weighted by Gasteiger charge is -2.08. The van der Waals surface area contributed by atoms with Crippen molar-refractivity contribution >= 4 is 11.6 Å². The zero-order valence-corrected chi connectivity index (χ0v) is 11.8. The smallest absolute Gasteiger partial charge is 0.142 e. The van der Waals surface area contributed by atoms with Gasteiger partial charge in [0.15, 0.2) is 0 Å². The van der Waals surface area contributed by atoms with Crippen molar-refractivity contribution in [3.05, 3.63) is 65.0 Å². The lowest BCUT2D eigenvalue weighted by molar-refractivity contribution is 0.304. The Balaban J connectivity index is 2.11. The monoisotopic (exact) mass is 299 g/mol. The molecule has 0 fully saturated rings. The lowest BCUT2D eigenvalue weighted by Crippen LogP contribution is -1.98. The van der Waals surface area contributed by atoms with Gasteiger partial charge in [-0.05, 0) is 18.2 Å². The van der Waals surface area contributed by atoms with Gasteiger partial charge in [0.05, 0.1) is 23.1 Å². The van der Waals surface area contributed by atoms with Crippen molar-refractivity contribution in [2.45, 2.75) is 6.61 Å². The molecule has 2 aromatic rings. The summed E-state index contributed by atoms with van der Waals surface area (Å²) in [6, 6.07) is 13.7. The van der Waals surface area contributed by atoms with Gasteiger partial charge in [-0.2, -0.15) is 5.26 Å². The first kappa shape index (κ1) is 14.9. The van der Waals surface area contributed by atoms with Gasteiger partial charge in [-0.3, -0.25) is 0 Å². The highest BCUT2D eigenvalue weighted by Crippen LogP contribution is 2.18. The maximum atomic E-state index is 13.8. The molecule has 2 nitrogen and oxygen atoms in total. The molecular formula is C17H11ClFNO. The van der Waals surface area contributed by atoms with Crippen LogP contribution in [0.2, 0.25) is 0 Å². The number of ether oxygens (including phenoxy) is 1. The minimum atomic E-state index is -0.460. The maximum absolute atomic E-state index is 13.8. The first-order valence-electron chi connectivity index (χ1n) is 6.20. The molecule has 0 atom stereocenters. The van der Waals surface area contributed by atoms with Gasteiger partial charge in [0, 0.05) is 11.6 Å². The standard InChI is InChI=1S/C17H11ClFNO/c18-9-3-6-13-7-8-16(10-17(13)19)21-12-15-5-2-1-4-14(15)11-20/h1-2,4-5,7-8,10H,9,12H2. The van der Waals surface area contributed by atoms with Crippen molar-refractivity contribution < 1.29 is 9.13 Å². The van der Waals surface area contributed by atoms with Crippen LogP contribution in [-0.2, 0) is 6.61 Å². The van der Waals surface area contributed by atoms with E-state index in [0.29, 0.717) is 11.3 Å². The van der Waals surface area contributed by atoms with Gasteiger partial charge in [-0.1, -0.05) is 30.0 Å². The third-order valence-corrected chi connectivity index (χ3v) is 2.90. The molecule has 0 heterocycles. The lowest BCUT2D eigenvalue weighted by atomic mass is 10.1. The maximum Gasteiger partial charge on any atom is 0.142 e. The van der Waals surface area contributed by atoms with Gasteiger partial charge in [-0.15, -0.1) is 11.6 Å². The summed E-state index contributed by atoms with van der Waals surface area (Å²) in [5.41, 5.74) is 1.58. The molecule has 0 unspecified atom stereocenters. The molecule has 0 N–H and O–H groups in total. The number of alkyl halides is 1. The number of halogens is 2. The summed E-state index contributed by atoms with van der Waals surface area (Å²) >= 11 is 5.43. The van der Waals surface area contributed by atoms with Gasteiger partial charge < -0.3 is 4.74 Å². The molecule has 0 saturated heterocycles. The number of rotatable bonds is 3. The van der Waals surface area contributed by atoms with Crippen molar-refractivity contribution in [2.75, 3.05) is 5.88 Å². The molecule has 2 aromatic carbocycles. The van der Waals surface area contributed by atoms with Crippen LogP contribution in [0.15, 0.2) is 42.5 Å². The van der Waals surface area contributed by atoms with Crippen LogP contribution in [0.3, 0.4) is 0 Å². The quantitative estimate of drug-likeness (QED) is 0.637. The van der Waals surface area contributed by atoms with Crippen LogP contribution in [0.25, 0.3) is 0 Å². The van der Waals surface area contributed by atoms with Gasteiger partial charge in [-0.25, -0.2) is 4.39 Å². The normalized spacial score (nSPS) is 9.38. The minimum Gasteiger partial charge on any atom is -0.489 e. The Kier molecular flexibility index (Phi) is 5.21. The Morgan fingerprint density at radius 2 is 1.95 bits per heavy atom. The van der Waals surface area contributed by atoms with Crippen LogP contribution in [0.5, 0.6) is 5.75 Å². The van der Waals surface area contributed by atoms with Crippen molar-refractivity contribution in [1.82, 2.24) is 0 Å². The molecular weight excluding hydrogens is 289 g/mol. The van der Waals surface area contributed by atoms with Crippen LogP contribution >= 0.6 is 11.6 Å². The van der Waals surface area contributed by atoms with E-state index < -0.39 is 5.82 Å². The average Bonchev–Trinajstić information content (AvgIpc) is 2.52. The van der Waals surface area contributed by atoms with Crippen LogP contribution in [0, 0.1) is 29.0 Å². The van der Waals surface area contributed by atoms with E-state index in [1.165, 1.54) is 6.07 Å². The Labute approximate surface area is 127 Å². The molecule has 0 aliphatic rings. The van der Waals surface area contributed by atoms with Crippen molar-refractivity contribution in [3.8, 4) is 23.7 Å². The van der Waals surface area contributed by atoms with E-state index in [4.69, 9.17) is 21.6 Å². The minimum absolute atomic E-state index is 0.155. The average molecular weight is 300 g/mol. The van der Waals surface area contributed by atoms with E-state index in [1.54, 1.807) is 30.3 Å². The number of nitrogens with zero attached hydrogens (tertiary/aromatic N) is 1. The zero-order valence-electron chi connectivity index (χ0n) is 11.1. The number of hydrogen-bond donors (Lipinski definition) is 0. The molecule has 0 saturated carbocycles. The predicted molar refractivity (Wildman–Crippen MR) is 79.5 cm³/mol.